The van der Waals surface area contributed by atoms with Crippen LogP contribution in [-0.2, 0) is 9.59 Å². The minimum Gasteiger partial charge on any atom is -0.482 e. The molecule has 148 valence electrons. The van der Waals surface area contributed by atoms with E-state index >= 15 is 0 Å². The Labute approximate surface area is 174 Å². The maximum atomic E-state index is 12.6. The molecule has 6 nitrogen and oxygen atoms in total. The van der Waals surface area contributed by atoms with Gasteiger partial charge < -0.3 is 15.0 Å². The van der Waals surface area contributed by atoms with Crippen LogP contribution in [0.25, 0.3) is 0 Å². The molecule has 0 aromatic heterocycles. The third kappa shape index (κ3) is 5.27. The van der Waals surface area contributed by atoms with Gasteiger partial charge in [-0.15, -0.1) is 0 Å². The number of likely N-dealkylation sites (N-methyl/N-ethyl adjacent to an activating group) is 1. The van der Waals surface area contributed by atoms with Crippen molar-refractivity contribution >= 4 is 58.2 Å². The molecule has 0 saturated carbocycles. The molecule has 0 radical (unpaired) electrons. The zero-order valence-electron chi connectivity index (χ0n) is 15.7. The van der Waals surface area contributed by atoms with E-state index in [4.69, 9.17) is 28.6 Å². The minimum atomic E-state index is -0.314. The van der Waals surface area contributed by atoms with Crippen LogP contribution < -0.4 is 15.0 Å². The van der Waals surface area contributed by atoms with Crippen molar-refractivity contribution in [2.45, 2.75) is 26.3 Å². The van der Waals surface area contributed by atoms with Gasteiger partial charge in [0.15, 0.2) is 11.7 Å². The fourth-order valence-corrected chi connectivity index (χ4v) is 3.80. The summed E-state index contributed by atoms with van der Waals surface area (Å²) in [5.41, 5.74) is 0.580. The molecule has 1 saturated heterocycles. The van der Waals surface area contributed by atoms with E-state index < -0.39 is 0 Å². The van der Waals surface area contributed by atoms with Crippen molar-refractivity contribution in [3.05, 3.63) is 23.2 Å². The van der Waals surface area contributed by atoms with Gasteiger partial charge >= 0.3 is 0 Å². The van der Waals surface area contributed by atoms with Crippen molar-refractivity contribution in [1.82, 2.24) is 10.2 Å². The summed E-state index contributed by atoms with van der Waals surface area (Å²) in [6, 6.07) is 4.68. The molecule has 1 atom stereocenters. The molecule has 0 unspecified atom stereocenters. The summed E-state index contributed by atoms with van der Waals surface area (Å²) in [5.74, 6) is 1.08. The normalized spacial score (nSPS) is 16.4. The fourth-order valence-electron chi connectivity index (χ4n) is 2.76. The predicted octanol–water partition coefficient (Wildman–Crippen LogP) is 2.93. The molecule has 1 heterocycles. The highest BCUT2D eigenvalue weighted by atomic mass is 35.5. The molecule has 1 N–H and O–H groups in total. The van der Waals surface area contributed by atoms with Gasteiger partial charge in [0.1, 0.15) is 11.8 Å². The smallest absolute Gasteiger partial charge is 0.260 e. The van der Waals surface area contributed by atoms with Gasteiger partial charge in [-0.2, -0.15) is 11.8 Å². The third-order valence-electron chi connectivity index (χ3n) is 4.27. The Hall–Kier alpha value is -1.51. The lowest BCUT2D eigenvalue weighted by atomic mass is 10.2. The van der Waals surface area contributed by atoms with Crippen LogP contribution in [0.1, 0.15) is 20.3 Å². The lowest BCUT2D eigenvalue weighted by Crippen LogP contribution is -2.34. The Morgan fingerprint density at radius 1 is 1.41 bits per heavy atom. The van der Waals surface area contributed by atoms with Crippen LogP contribution in [0.15, 0.2) is 18.2 Å². The van der Waals surface area contributed by atoms with Gasteiger partial charge in [-0.1, -0.05) is 11.6 Å². The number of thioether (sulfide) groups is 1. The van der Waals surface area contributed by atoms with E-state index in [1.807, 2.05) is 20.1 Å². The van der Waals surface area contributed by atoms with E-state index in [2.05, 4.69) is 5.32 Å². The first-order valence-corrected chi connectivity index (χ1v) is 10.9. The number of hydrogen-bond acceptors (Lipinski definition) is 5. The number of amides is 2. The minimum absolute atomic E-state index is 0.0832. The summed E-state index contributed by atoms with van der Waals surface area (Å²) in [4.78, 5) is 27.8. The van der Waals surface area contributed by atoms with E-state index in [1.54, 1.807) is 34.9 Å². The molecular weight excluding hydrogens is 406 g/mol. The number of rotatable bonds is 9. The van der Waals surface area contributed by atoms with Gasteiger partial charge in [0.2, 0.25) is 0 Å². The molecule has 0 aliphatic carbocycles. The molecule has 27 heavy (non-hydrogen) atoms. The zero-order valence-corrected chi connectivity index (χ0v) is 18.0. The summed E-state index contributed by atoms with van der Waals surface area (Å²) in [5, 5.41) is 3.75. The number of carbonyl (C=O) groups is 2. The van der Waals surface area contributed by atoms with Crippen LogP contribution in [0.4, 0.5) is 5.69 Å². The van der Waals surface area contributed by atoms with Gasteiger partial charge in [0, 0.05) is 13.1 Å². The van der Waals surface area contributed by atoms with Gasteiger partial charge in [0.25, 0.3) is 11.8 Å². The lowest BCUT2D eigenvalue weighted by molar-refractivity contribution is -0.133. The highest BCUT2D eigenvalue weighted by Crippen LogP contribution is 2.31. The summed E-state index contributed by atoms with van der Waals surface area (Å²) in [6.07, 6.45) is 2.71. The molecule has 1 aromatic rings. The van der Waals surface area contributed by atoms with Crippen LogP contribution >= 0.6 is 35.6 Å². The molecule has 1 aliphatic rings. The number of thiocarbonyl (C=S) groups is 1. The van der Waals surface area contributed by atoms with E-state index in [1.165, 1.54) is 4.90 Å². The summed E-state index contributed by atoms with van der Waals surface area (Å²) in [6.45, 7) is 5.01. The van der Waals surface area contributed by atoms with Gasteiger partial charge in [0.05, 0.1) is 10.7 Å². The number of ether oxygens (including phenoxy) is 1. The van der Waals surface area contributed by atoms with Crippen LogP contribution in [0.5, 0.6) is 5.75 Å². The summed E-state index contributed by atoms with van der Waals surface area (Å²) < 4.78 is 5.55. The van der Waals surface area contributed by atoms with Crippen molar-refractivity contribution in [2.24, 2.45) is 0 Å². The predicted molar refractivity (Wildman–Crippen MR) is 115 cm³/mol. The lowest BCUT2D eigenvalue weighted by Gasteiger charge is -2.19. The largest absolute Gasteiger partial charge is 0.482 e. The highest BCUT2D eigenvalue weighted by Gasteiger charge is 2.36. The SMILES string of the molecule is CCN(CC)C(=O)COc1ccc(N2C(=O)[C@@H](CCSC)NC2=S)cc1Cl. The maximum absolute atomic E-state index is 12.6. The van der Waals surface area contributed by atoms with Gasteiger partial charge in [-0.3, -0.25) is 14.5 Å². The Kier molecular flexibility index (Phi) is 8.19. The first-order valence-electron chi connectivity index (χ1n) is 8.76. The van der Waals surface area contributed by atoms with E-state index in [0.29, 0.717) is 41.1 Å². The topological polar surface area (TPSA) is 61.9 Å². The van der Waals surface area contributed by atoms with E-state index in [9.17, 15) is 9.59 Å². The zero-order chi connectivity index (χ0) is 20.0. The first kappa shape index (κ1) is 21.8. The number of hydrogen-bond donors (Lipinski definition) is 1. The van der Waals surface area contributed by atoms with Crippen molar-refractivity contribution < 1.29 is 14.3 Å². The van der Waals surface area contributed by atoms with Crippen LogP contribution in [0, 0.1) is 0 Å². The molecule has 1 fully saturated rings. The maximum Gasteiger partial charge on any atom is 0.260 e. The number of carbonyl (C=O) groups excluding carboxylic acids is 2. The number of benzene rings is 1. The molecule has 9 heteroatoms. The molecule has 1 aromatic carbocycles. The molecule has 2 amide bonds. The quantitative estimate of drug-likeness (QED) is 0.609. The Morgan fingerprint density at radius 3 is 2.70 bits per heavy atom. The van der Waals surface area contributed by atoms with E-state index in [-0.39, 0.29) is 24.5 Å². The van der Waals surface area contributed by atoms with Crippen molar-refractivity contribution in [2.75, 3.05) is 36.6 Å². The monoisotopic (exact) mass is 429 g/mol. The molecule has 0 spiro atoms. The standard InChI is InChI=1S/C18H24ClN3O3S2/c1-4-21(5-2)16(23)11-25-15-7-6-12(10-13(15)19)22-17(24)14(8-9-27-3)20-18(22)26/h6-7,10,14H,4-5,8-9,11H2,1-3H3,(H,20,26)/t14-/m1/s1. The number of halogens is 1. The molecule has 1 aliphatic heterocycles. The van der Waals surface area contributed by atoms with Crippen molar-refractivity contribution in [1.29, 1.82) is 0 Å². The Balaban J connectivity index is 2.07. The summed E-state index contributed by atoms with van der Waals surface area (Å²) >= 11 is 13.3. The average molecular weight is 430 g/mol. The Bertz CT molecular complexity index is 713. The third-order valence-corrected chi connectivity index (χ3v) is 5.51. The second-order valence-electron chi connectivity index (χ2n) is 5.93. The highest BCUT2D eigenvalue weighted by molar-refractivity contribution is 7.98. The first-order chi connectivity index (χ1) is 12.9. The Morgan fingerprint density at radius 2 is 2.11 bits per heavy atom. The average Bonchev–Trinajstić information content (AvgIpc) is 2.93. The van der Waals surface area contributed by atoms with E-state index in [0.717, 1.165) is 5.75 Å². The second kappa shape index (κ2) is 10.1. The number of nitrogens with zero attached hydrogens (tertiary/aromatic N) is 2. The van der Waals surface area contributed by atoms with Gasteiger partial charge in [-0.25, -0.2) is 0 Å². The number of nitrogens with one attached hydrogen (secondary N) is 1. The van der Waals surface area contributed by atoms with Crippen molar-refractivity contribution in [3.8, 4) is 5.75 Å². The van der Waals surface area contributed by atoms with Gasteiger partial charge in [-0.05, 0) is 62.7 Å². The second-order valence-corrected chi connectivity index (χ2v) is 7.71. The van der Waals surface area contributed by atoms with Crippen LogP contribution in [-0.4, -0.2) is 59.6 Å². The summed E-state index contributed by atoms with van der Waals surface area (Å²) in [7, 11) is 0. The molecule has 0 bridgehead atoms. The van der Waals surface area contributed by atoms with Crippen LogP contribution in [0.2, 0.25) is 5.02 Å². The van der Waals surface area contributed by atoms with Crippen molar-refractivity contribution in [3.63, 3.8) is 0 Å². The molecular formula is C18H24ClN3O3S2. The molecule has 2 rings (SSSR count). The van der Waals surface area contributed by atoms with Crippen LogP contribution in [0.3, 0.4) is 0 Å². The fraction of sp³-hybridized carbons (Fsp3) is 0.500. The number of anilines is 1.